The van der Waals surface area contributed by atoms with Crippen LogP contribution in [0.25, 0.3) is 5.69 Å². The fraction of sp³-hybridized carbons (Fsp3) is 0.294. The summed E-state index contributed by atoms with van der Waals surface area (Å²) in [4.78, 5) is 12.1. The highest BCUT2D eigenvalue weighted by molar-refractivity contribution is 7.99. The summed E-state index contributed by atoms with van der Waals surface area (Å²) in [6.07, 6.45) is 1.63. The second kappa shape index (κ2) is 7.10. The van der Waals surface area contributed by atoms with Gasteiger partial charge in [-0.05, 0) is 12.1 Å². The molecule has 130 valence electrons. The van der Waals surface area contributed by atoms with Gasteiger partial charge in [-0.2, -0.15) is 0 Å². The zero-order valence-corrected chi connectivity index (χ0v) is 15.1. The van der Waals surface area contributed by atoms with Crippen LogP contribution in [0.3, 0.4) is 0 Å². The molecule has 3 aromatic rings. The van der Waals surface area contributed by atoms with Crippen molar-refractivity contribution in [2.75, 3.05) is 11.1 Å². The maximum absolute atomic E-state index is 12.1. The van der Waals surface area contributed by atoms with E-state index in [9.17, 15) is 4.79 Å². The Kier molecular flexibility index (Phi) is 4.89. The molecule has 0 aliphatic carbocycles. The van der Waals surface area contributed by atoms with Crippen LogP contribution in [0.2, 0.25) is 0 Å². The number of thioether (sulfide) groups is 1. The van der Waals surface area contributed by atoms with Crippen molar-refractivity contribution < 1.29 is 9.32 Å². The second-order valence-electron chi connectivity index (χ2n) is 6.48. The van der Waals surface area contributed by atoms with Gasteiger partial charge in [-0.1, -0.05) is 55.9 Å². The maximum Gasteiger partial charge on any atom is 0.237 e. The van der Waals surface area contributed by atoms with Crippen LogP contribution in [0.1, 0.15) is 26.5 Å². The van der Waals surface area contributed by atoms with E-state index in [4.69, 9.17) is 4.52 Å². The average molecular weight is 357 g/mol. The van der Waals surface area contributed by atoms with Crippen molar-refractivity contribution in [3.05, 3.63) is 48.4 Å². The Balaban J connectivity index is 1.60. The minimum absolute atomic E-state index is 0.132. The van der Waals surface area contributed by atoms with Gasteiger partial charge in [-0.3, -0.25) is 14.7 Å². The first kappa shape index (κ1) is 17.2. The lowest BCUT2D eigenvalue weighted by molar-refractivity contribution is -0.113. The fourth-order valence-corrected chi connectivity index (χ4v) is 2.81. The minimum atomic E-state index is -0.191. The summed E-state index contributed by atoms with van der Waals surface area (Å²) < 4.78 is 7.00. The number of amides is 1. The molecule has 1 amide bonds. The number of hydrogen-bond acceptors (Lipinski definition) is 6. The summed E-state index contributed by atoms with van der Waals surface area (Å²) in [7, 11) is 0. The Hall–Kier alpha value is -2.61. The quantitative estimate of drug-likeness (QED) is 0.705. The highest BCUT2D eigenvalue weighted by Gasteiger charge is 2.20. The van der Waals surface area contributed by atoms with E-state index in [-0.39, 0.29) is 17.1 Å². The Morgan fingerprint density at radius 1 is 1.28 bits per heavy atom. The highest BCUT2D eigenvalue weighted by Crippen LogP contribution is 2.24. The SMILES string of the molecule is CC(C)(C)c1cc(NC(=O)CSc2nncn2-c2ccccc2)on1. The van der Waals surface area contributed by atoms with E-state index in [0.717, 1.165) is 11.4 Å². The van der Waals surface area contributed by atoms with Crippen molar-refractivity contribution in [2.45, 2.75) is 31.3 Å². The van der Waals surface area contributed by atoms with Crippen molar-refractivity contribution in [1.29, 1.82) is 0 Å². The Bertz CT molecular complexity index is 851. The van der Waals surface area contributed by atoms with Crippen LogP contribution in [-0.2, 0) is 10.2 Å². The molecule has 0 saturated carbocycles. The van der Waals surface area contributed by atoms with E-state index in [1.54, 1.807) is 12.4 Å². The van der Waals surface area contributed by atoms with Gasteiger partial charge in [-0.15, -0.1) is 10.2 Å². The summed E-state index contributed by atoms with van der Waals surface area (Å²) in [5.41, 5.74) is 1.60. The molecule has 0 fully saturated rings. The zero-order chi connectivity index (χ0) is 17.9. The predicted molar refractivity (Wildman–Crippen MR) is 95.9 cm³/mol. The summed E-state index contributed by atoms with van der Waals surface area (Å²) >= 11 is 1.30. The van der Waals surface area contributed by atoms with Gasteiger partial charge in [0.2, 0.25) is 11.8 Å². The van der Waals surface area contributed by atoms with E-state index in [0.29, 0.717) is 11.0 Å². The van der Waals surface area contributed by atoms with Crippen LogP contribution in [-0.4, -0.2) is 31.6 Å². The molecule has 0 spiro atoms. The molecule has 0 bridgehead atoms. The first-order valence-electron chi connectivity index (χ1n) is 7.79. The Morgan fingerprint density at radius 3 is 2.72 bits per heavy atom. The summed E-state index contributed by atoms with van der Waals surface area (Å²) in [6, 6.07) is 11.5. The molecule has 1 N–H and O–H groups in total. The minimum Gasteiger partial charge on any atom is -0.338 e. The summed E-state index contributed by atoms with van der Waals surface area (Å²) in [5, 5.41) is 15.3. The molecule has 8 heteroatoms. The van der Waals surface area contributed by atoms with Crippen LogP contribution < -0.4 is 5.32 Å². The molecule has 0 saturated heterocycles. The standard InChI is InChI=1S/C17H19N5O2S/c1-17(2,3)13-9-15(24-21-13)19-14(23)10-25-16-20-18-11-22(16)12-7-5-4-6-8-12/h4-9,11H,10H2,1-3H3,(H,19,23). The summed E-state index contributed by atoms with van der Waals surface area (Å²) in [5.74, 6) is 0.348. The van der Waals surface area contributed by atoms with E-state index in [1.807, 2.05) is 55.7 Å². The fourth-order valence-electron chi connectivity index (χ4n) is 2.08. The molecule has 2 heterocycles. The number of anilines is 1. The number of hydrogen-bond donors (Lipinski definition) is 1. The third-order valence-corrected chi connectivity index (χ3v) is 4.37. The first-order chi connectivity index (χ1) is 11.9. The lowest BCUT2D eigenvalue weighted by Crippen LogP contribution is -2.14. The zero-order valence-electron chi connectivity index (χ0n) is 14.3. The van der Waals surface area contributed by atoms with Gasteiger partial charge in [0.1, 0.15) is 6.33 Å². The van der Waals surface area contributed by atoms with Crippen LogP contribution >= 0.6 is 11.8 Å². The number of carbonyl (C=O) groups excluding carboxylic acids is 1. The van der Waals surface area contributed by atoms with Gasteiger partial charge >= 0.3 is 0 Å². The van der Waals surface area contributed by atoms with Gasteiger partial charge in [0.05, 0.1) is 11.4 Å². The highest BCUT2D eigenvalue weighted by atomic mass is 32.2. The largest absolute Gasteiger partial charge is 0.338 e. The summed E-state index contributed by atoms with van der Waals surface area (Å²) in [6.45, 7) is 6.09. The topological polar surface area (TPSA) is 85.8 Å². The lowest BCUT2D eigenvalue weighted by atomic mass is 9.92. The van der Waals surface area contributed by atoms with Crippen molar-refractivity contribution >= 4 is 23.6 Å². The Labute approximate surface area is 149 Å². The smallest absolute Gasteiger partial charge is 0.237 e. The molecule has 3 rings (SSSR count). The number of aromatic nitrogens is 4. The van der Waals surface area contributed by atoms with Gasteiger partial charge in [0.15, 0.2) is 5.16 Å². The van der Waals surface area contributed by atoms with Crippen LogP contribution in [0.15, 0.2) is 52.4 Å². The van der Waals surface area contributed by atoms with Gasteiger partial charge < -0.3 is 4.52 Å². The molecule has 25 heavy (non-hydrogen) atoms. The van der Waals surface area contributed by atoms with Crippen LogP contribution in [0.4, 0.5) is 5.88 Å². The van der Waals surface area contributed by atoms with Gasteiger partial charge in [0.25, 0.3) is 0 Å². The molecule has 0 aliphatic rings. The monoisotopic (exact) mass is 357 g/mol. The van der Waals surface area contributed by atoms with Crippen LogP contribution in [0, 0.1) is 0 Å². The third kappa shape index (κ3) is 4.27. The van der Waals surface area contributed by atoms with Crippen molar-refractivity contribution in [3.8, 4) is 5.69 Å². The molecule has 0 aliphatic heterocycles. The third-order valence-electron chi connectivity index (χ3n) is 3.42. The van der Waals surface area contributed by atoms with Crippen molar-refractivity contribution in [1.82, 2.24) is 19.9 Å². The first-order valence-corrected chi connectivity index (χ1v) is 8.77. The van der Waals surface area contributed by atoms with Crippen molar-refractivity contribution in [3.63, 3.8) is 0 Å². The van der Waals surface area contributed by atoms with Crippen LogP contribution in [0.5, 0.6) is 0 Å². The number of nitrogens with zero attached hydrogens (tertiary/aromatic N) is 4. The molecule has 0 atom stereocenters. The molecule has 0 unspecified atom stereocenters. The molecule has 1 aromatic carbocycles. The molecular weight excluding hydrogens is 338 g/mol. The molecule has 2 aromatic heterocycles. The molecule has 7 nitrogen and oxygen atoms in total. The number of carbonyl (C=O) groups is 1. The second-order valence-corrected chi connectivity index (χ2v) is 7.42. The maximum atomic E-state index is 12.1. The molecule has 0 radical (unpaired) electrons. The van der Waals surface area contributed by atoms with Crippen molar-refractivity contribution in [2.24, 2.45) is 0 Å². The number of rotatable bonds is 5. The van der Waals surface area contributed by atoms with E-state index < -0.39 is 0 Å². The van der Waals surface area contributed by atoms with Gasteiger partial charge in [-0.25, -0.2) is 0 Å². The predicted octanol–water partition coefficient (Wildman–Crippen LogP) is 3.28. The number of benzene rings is 1. The number of para-hydroxylation sites is 1. The average Bonchev–Trinajstić information content (AvgIpc) is 3.22. The lowest BCUT2D eigenvalue weighted by Gasteiger charge is -2.12. The van der Waals surface area contributed by atoms with E-state index >= 15 is 0 Å². The Morgan fingerprint density at radius 2 is 2.04 bits per heavy atom. The van der Waals surface area contributed by atoms with E-state index in [1.165, 1.54) is 11.8 Å². The van der Waals surface area contributed by atoms with E-state index in [2.05, 4.69) is 20.7 Å². The molecular formula is C17H19N5O2S. The normalized spacial score (nSPS) is 11.5. The number of nitrogens with one attached hydrogen (secondary N) is 1. The van der Waals surface area contributed by atoms with Gasteiger partial charge in [0, 0.05) is 17.2 Å².